The van der Waals surface area contributed by atoms with Crippen molar-refractivity contribution >= 4 is 11.6 Å². The van der Waals surface area contributed by atoms with Gasteiger partial charge in [-0.2, -0.15) is 0 Å². The van der Waals surface area contributed by atoms with E-state index in [0.717, 1.165) is 0 Å². The van der Waals surface area contributed by atoms with Gasteiger partial charge < -0.3 is 9.47 Å². The number of ether oxygens (including phenoxy) is 2. The predicted octanol–water partition coefficient (Wildman–Crippen LogP) is 0.0733. The highest BCUT2D eigenvalue weighted by atomic mass is 35.5. The van der Waals surface area contributed by atoms with Crippen LogP contribution < -0.4 is 0 Å². The molecule has 1 unspecified atom stereocenters. The van der Waals surface area contributed by atoms with E-state index in [2.05, 4.69) is 15.5 Å². The van der Waals surface area contributed by atoms with Crippen molar-refractivity contribution in [3.63, 3.8) is 0 Å². The lowest BCUT2D eigenvalue weighted by Gasteiger charge is -2.13. The van der Waals surface area contributed by atoms with Gasteiger partial charge in [0, 0.05) is 14.2 Å². The summed E-state index contributed by atoms with van der Waals surface area (Å²) in [5.74, 6) is 0.918. The fraction of sp³-hybridized carbons (Fsp3) is 0.857. The Morgan fingerprint density at radius 3 is 2.86 bits per heavy atom. The van der Waals surface area contributed by atoms with Gasteiger partial charge in [0.1, 0.15) is 6.10 Å². The van der Waals surface area contributed by atoms with Gasteiger partial charge in [-0.15, -0.1) is 16.7 Å². The molecular formula is C7H13ClN4O2. The minimum absolute atomic E-state index is 0.0644. The van der Waals surface area contributed by atoms with Gasteiger partial charge in [-0.1, -0.05) is 0 Å². The number of rotatable bonds is 6. The molecule has 1 atom stereocenters. The van der Waals surface area contributed by atoms with Crippen LogP contribution in [0.25, 0.3) is 0 Å². The molecule has 0 amide bonds. The van der Waals surface area contributed by atoms with E-state index in [0.29, 0.717) is 19.0 Å². The quantitative estimate of drug-likeness (QED) is 0.635. The molecule has 0 aromatic carbocycles. The molecule has 1 aromatic heterocycles. The first-order chi connectivity index (χ1) is 6.81. The first-order valence-corrected chi connectivity index (χ1v) is 4.68. The number of methoxy groups -OCH3 is 2. The number of hydrogen-bond acceptors (Lipinski definition) is 5. The van der Waals surface area contributed by atoms with E-state index in [1.54, 1.807) is 18.9 Å². The summed E-state index contributed by atoms with van der Waals surface area (Å²) in [5.41, 5.74) is 0. The lowest BCUT2D eigenvalue weighted by molar-refractivity contribution is 0.0156. The molecule has 80 valence electrons. The van der Waals surface area contributed by atoms with Crippen molar-refractivity contribution in [3.8, 4) is 0 Å². The molecule has 0 aliphatic carbocycles. The molecule has 1 heterocycles. The number of halogens is 1. The second-order valence-corrected chi connectivity index (χ2v) is 2.99. The molecule has 0 saturated carbocycles. The molecule has 0 spiro atoms. The smallest absolute Gasteiger partial charge is 0.166 e. The Bertz CT molecular complexity index is 268. The van der Waals surface area contributed by atoms with E-state index < -0.39 is 0 Å². The third-order valence-corrected chi connectivity index (χ3v) is 2.03. The van der Waals surface area contributed by atoms with Crippen molar-refractivity contribution in [1.29, 1.82) is 0 Å². The van der Waals surface area contributed by atoms with Gasteiger partial charge in [-0.05, 0) is 10.4 Å². The Kier molecular flexibility index (Phi) is 4.78. The molecule has 6 nitrogen and oxygen atoms in total. The summed E-state index contributed by atoms with van der Waals surface area (Å²) >= 11 is 5.64. The van der Waals surface area contributed by atoms with E-state index in [9.17, 15) is 0 Å². The van der Waals surface area contributed by atoms with Crippen LogP contribution in [-0.2, 0) is 21.9 Å². The number of nitrogens with zero attached hydrogens (tertiary/aromatic N) is 4. The van der Waals surface area contributed by atoms with Gasteiger partial charge in [-0.25, -0.2) is 4.68 Å². The second-order valence-electron chi connectivity index (χ2n) is 2.72. The zero-order chi connectivity index (χ0) is 10.4. The largest absolute Gasteiger partial charge is 0.382 e. The maximum absolute atomic E-state index is 5.64. The molecule has 0 bridgehead atoms. The zero-order valence-electron chi connectivity index (χ0n) is 8.18. The lowest BCUT2D eigenvalue weighted by Crippen LogP contribution is -2.25. The Morgan fingerprint density at radius 1 is 1.50 bits per heavy atom. The number of hydrogen-bond donors (Lipinski definition) is 0. The van der Waals surface area contributed by atoms with Gasteiger partial charge in [0.2, 0.25) is 0 Å². The number of aromatic nitrogens is 4. The van der Waals surface area contributed by atoms with Crippen LogP contribution in [0.15, 0.2) is 0 Å². The van der Waals surface area contributed by atoms with E-state index >= 15 is 0 Å². The van der Waals surface area contributed by atoms with Crippen LogP contribution in [0.2, 0.25) is 0 Å². The van der Waals surface area contributed by atoms with Gasteiger partial charge in [0.05, 0.1) is 19.0 Å². The SMILES string of the molecule is COCC(Cn1nnnc1CCl)OC. The summed E-state index contributed by atoms with van der Waals surface area (Å²) in [6, 6.07) is 0. The lowest BCUT2D eigenvalue weighted by atomic mass is 10.4. The molecule has 1 aromatic rings. The van der Waals surface area contributed by atoms with Crippen LogP contribution in [0, 0.1) is 0 Å². The summed E-state index contributed by atoms with van der Waals surface area (Å²) in [7, 11) is 3.24. The van der Waals surface area contributed by atoms with Crippen LogP contribution in [-0.4, -0.2) is 47.1 Å². The highest BCUT2D eigenvalue weighted by Crippen LogP contribution is 2.01. The number of alkyl halides is 1. The Hall–Kier alpha value is -0.720. The van der Waals surface area contributed by atoms with Crippen LogP contribution in [0.4, 0.5) is 0 Å². The van der Waals surface area contributed by atoms with E-state index in [1.165, 1.54) is 0 Å². The van der Waals surface area contributed by atoms with Crippen molar-refractivity contribution in [2.75, 3.05) is 20.8 Å². The van der Waals surface area contributed by atoms with Crippen LogP contribution in [0.1, 0.15) is 5.82 Å². The summed E-state index contributed by atoms with van der Waals surface area (Å²) < 4.78 is 11.8. The standard InChI is InChI=1S/C7H13ClN4O2/c1-13-5-6(14-2)4-12-7(3-8)9-10-11-12/h6H,3-5H2,1-2H3. The summed E-state index contributed by atoms with van der Waals surface area (Å²) in [6.07, 6.45) is -0.0644. The highest BCUT2D eigenvalue weighted by molar-refractivity contribution is 6.16. The molecule has 1 rings (SSSR count). The molecule has 0 N–H and O–H groups in total. The first-order valence-electron chi connectivity index (χ1n) is 4.14. The number of tetrazole rings is 1. The fourth-order valence-electron chi connectivity index (χ4n) is 1.03. The molecule has 0 saturated heterocycles. The monoisotopic (exact) mass is 220 g/mol. The molecule has 0 aliphatic heterocycles. The maximum Gasteiger partial charge on any atom is 0.166 e. The minimum Gasteiger partial charge on any atom is -0.382 e. The zero-order valence-corrected chi connectivity index (χ0v) is 8.94. The Morgan fingerprint density at radius 2 is 2.29 bits per heavy atom. The van der Waals surface area contributed by atoms with Crippen molar-refractivity contribution < 1.29 is 9.47 Å². The fourth-order valence-corrected chi connectivity index (χ4v) is 1.23. The van der Waals surface area contributed by atoms with Crippen LogP contribution in [0.5, 0.6) is 0 Å². The molecule has 7 heteroatoms. The van der Waals surface area contributed by atoms with Crippen molar-refractivity contribution in [1.82, 2.24) is 20.2 Å². The molecular weight excluding hydrogens is 208 g/mol. The second kappa shape index (κ2) is 5.90. The highest BCUT2D eigenvalue weighted by Gasteiger charge is 2.12. The van der Waals surface area contributed by atoms with Gasteiger partial charge >= 0.3 is 0 Å². The maximum atomic E-state index is 5.64. The van der Waals surface area contributed by atoms with E-state index in [4.69, 9.17) is 21.1 Å². The normalized spacial score (nSPS) is 13.1. The van der Waals surface area contributed by atoms with E-state index in [1.807, 2.05) is 0 Å². The summed E-state index contributed by atoms with van der Waals surface area (Å²) in [4.78, 5) is 0. The summed E-state index contributed by atoms with van der Waals surface area (Å²) in [5, 5.41) is 11.1. The summed E-state index contributed by atoms with van der Waals surface area (Å²) in [6.45, 7) is 1.04. The van der Waals surface area contributed by atoms with Gasteiger partial charge in [-0.3, -0.25) is 0 Å². The Balaban J connectivity index is 2.56. The third-order valence-electron chi connectivity index (χ3n) is 1.79. The van der Waals surface area contributed by atoms with Gasteiger partial charge in [0.15, 0.2) is 5.82 Å². The van der Waals surface area contributed by atoms with E-state index in [-0.39, 0.29) is 12.0 Å². The average Bonchev–Trinajstić information content (AvgIpc) is 2.64. The minimum atomic E-state index is -0.0644. The van der Waals surface area contributed by atoms with Crippen molar-refractivity contribution in [2.24, 2.45) is 0 Å². The van der Waals surface area contributed by atoms with Crippen LogP contribution in [0.3, 0.4) is 0 Å². The molecule has 14 heavy (non-hydrogen) atoms. The molecule has 0 aliphatic rings. The van der Waals surface area contributed by atoms with Gasteiger partial charge in [0.25, 0.3) is 0 Å². The average molecular weight is 221 g/mol. The Labute approximate surface area is 87.1 Å². The predicted molar refractivity (Wildman–Crippen MR) is 50.0 cm³/mol. The van der Waals surface area contributed by atoms with Crippen molar-refractivity contribution in [3.05, 3.63) is 5.82 Å². The topological polar surface area (TPSA) is 62.1 Å². The van der Waals surface area contributed by atoms with Crippen molar-refractivity contribution in [2.45, 2.75) is 18.5 Å². The molecule has 0 radical (unpaired) electrons. The third kappa shape index (κ3) is 2.90. The first kappa shape index (κ1) is 11.4. The molecule has 0 fully saturated rings. The van der Waals surface area contributed by atoms with Crippen LogP contribution >= 0.6 is 11.6 Å².